The van der Waals surface area contributed by atoms with Crippen LogP contribution in [0.1, 0.15) is 0 Å². The van der Waals surface area contributed by atoms with E-state index in [1.54, 1.807) is 0 Å². The molecule has 0 bridgehead atoms. The molecule has 3 heterocycles. The van der Waals surface area contributed by atoms with Crippen LogP contribution in [0.3, 0.4) is 0 Å². The number of rotatable bonds is 4. The van der Waals surface area contributed by atoms with Crippen LogP contribution in [0.15, 0.2) is 194 Å². The largest absolute Gasteiger partial charge is 0.309 e. The van der Waals surface area contributed by atoms with Crippen LogP contribution >= 0.6 is 11.3 Å². The first-order valence-corrected chi connectivity index (χ1v) is 19.7. The molecule has 0 aliphatic rings. The molecule has 12 aromatic rings. The van der Waals surface area contributed by atoms with Gasteiger partial charge in [-0.1, -0.05) is 121 Å². The summed E-state index contributed by atoms with van der Waals surface area (Å²) in [4.78, 5) is 0. The van der Waals surface area contributed by atoms with Gasteiger partial charge in [0.25, 0.3) is 0 Å². The van der Waals surface area contributed by atoms with Crippen LogP contribution in [-0.4, -0.2) is 9.13 Å². The number of aromatic nitrogens is 2. The van der Waals surface area contributed by atoms with Gasteiger partial charge in [0.1, 0.15) is 0 Å². The monoisotopic (exact) mass is 716 g/mol. The molecule has 0 amide bonds. The second kappa shape index (κ2) is 11.8. The molecule has 0 N–H and O–H groups in total. The van der Waals surface area contributed by atoms with Gasteiger partial charge in [0.2, 0.25) is 0 Å². The number of nitrogens with zero attached hydrogens (tertiary/aromatic N) is 2. The lowest BCUT2D eigenvalue weighted by atomic mass is 9.98. The Morgan fingerprint density at radius 1 is 0.309 bits per heavy atom. The summed E-state index contributed by atoms with van der Waals surface area (Å²) in [6.07, 6.45) is 0. The number of para-hydroxylation sites is 2. The average Bonchev–Trinajstić information content (AvgIpc) is 3.91. The van der Waals surface area contributed by atoms with Crippen LogP contribution in [0.5, 0.6) is 0 Å². The lowest BCUT2D eigenvalue weighted by molar-refractivity contribution is 1.18. The molecule has 0 saturated heterocycles. The molecule has 3 heteroatoms. The van der Waals surface area contributed by atoms with Crippen molar-refractivity contribution in [2.75, 3.05) is 0 Å². The van der Waals surface area contributed by atoms with Crippen LogP contribution in [0.25, 0.3) is 108 Å². The minimum absolute atomic E-state index is 1.16. The Bertz CT molecular complexity index is 3490. The van der Waals surface area contributed by atoms with E-state index in [-0.39, 0.29) is 0 Å². The molecule has 55 heavy (non-hydrogen) atoms. The molecule has 0 spiro atoms. The van der Waals surface area contributed by atoms with Crippen LogP contribution in [0.4, 0.5) is 0 Å². The molecule has 0 radical (unpaired) electrons. The maximum Gasteiger partial charge on any atom is 0.0541 e. The number of fused-ring (bicyclic) bond motifs is 10. The van der Waals surface area contributed by atoms with Crippen molar-refractivity contribution in [3.05, 3.63) is 194 Å². The fourth-order valence-corrected chi connectivity index (χ4v) is 10.2. The fraction of sp³-hybridized carbons (Fsp3) is 0. The summed E-state index contributed by atoms with van der Waals surface area (Å²) < 4.78 is 7.50. The number of thiophene rings is 1. The number of benzene rings is 9. The van der Waals surface area contributed by atoms with Crippen molar-refractivity contribution in [1.29, 1.82) is 0 Å². The van der Waals surface area contributed by atoms with E-state index in [0.29, 0.717) is 0 Å². The molecule has 0 saturated carbocycles. The Morgan fingerprint density at radius 3 is 1.65 bits per heavy atom. The lowest BCUT2D eigenvalue weighted by Crippen LogP contribution is -1.94. The minimum Gasteiger partial charge on any atom is -0.309 e. The first kappa shape index (κ1) is 30.5. The van der Waals surface area contributed by atoms with E-state index < -0.39 is 0 Å². The van der Waals surface area contributed by atoms with E-state index >= 15 is 0 Å². The molecular weight excluding hydrogens is 685 g/mol. The van der Waals surface area contributed by atoms with Crippen molar-refractivity contribution >= 4 is 85.9 Å². The topological polar surface area (TPSA) is 9.86 Å². The molecular formula is C52H32N2S. The maximum atomic E-state index is 2.42. The summed E-state index contributed by atoms with van der Waals surface area (Å²) in [6.45, 7) is 0. The predicted molar refractivity (Wildman–Crippen MR) is 236 cm³/mol. The predicted octanol–water partition coefficient (Wildman–Crippen LogP) is 14.7. The van der Waals surface area contributed by atoms with Gasteiger partial charge in [0.15, 0.2) is 0 Å². The van der Waals surface area contributed by atoms with Crippen LogP contribution in [-0.2, 0) is 0 Å². The summed E-state index contributed by atoms with van der Waals surface area (Å²) in [5, 5.41) is 10.2. The molecule has 0 unspecified atom stereocenters. The molecule has 0 fully saturated rings. The van der Waals surface area contributed by atoms with Gasteiger partial charge in [-0.3, -0.25) is 0 Å². The van der Waals surface area contributed by atoms with Gasteiger partial charge in [-0.25, -0.2) is 0 Å². The Balaban J connectivity index is 1.06. The van der Waals surface area contributed by atoms with E-state index in [2.05, 4.69) is 203 Å². The van der Waals surface area contributed by atoms with Crippen molar-refractivity contribution < 1.29 is 0 Å². The third kappa shape index (κ3) is 4.60. The Labute approximate surface area is 321 Å². The SMILES string of the molecule is c1ccc(-n2c3ccc(-c4ccc5c(c4)c4ccccc4n5-c4ccc5ccccc5c4)cc3c3cc(-c4cccc5c4sc4ccccc45)ccc32)cc1. The van der Waals surface area contributed by atoms with E-state index in [9.17, 15) is 0 Å². The van der Waals surface area contributed by atoms with Crippen LogP contribution in [0, 0.1) is 0 Å². The van der Waals surface area contributed by atoms with Gasteiger partial charge < -0.3 is 9.13 Å². The lowest BCUT2D eigenvalue weighted by Gasteiger charge is -2.10. The summed E-state index contributed by atoms with van der Waals surface area (Å²) in [6, 6.07) is 71.5. The van der Waals surface area contributed by atoms with Gasteiger partial charge in [-0.2, -0.15) is 0 Å². The highest BCUT2D eigenvalue weighted by atomic mass is 32.1. The molecule has 256 valence electrons. The van der Waals surface area contributed by atoms with Crippen LogP contribution in [0.2, 0.25) is 0 Å². The van der Waals surface area contributed by atoms with Gasteiger partial charge >= 0.3 is 0 Å². The second-order valence-electron chi connectivity index (χ2n) is 14.5. The van der Waals surface area contributed by atoms with E-state index in [4.69, 9.17) is 0 Å². The summed E-state index contributed by atoms with van der Waals surface area (Å²) in [5.41, 5.74) is 12.1. The number of hydrogen-bond acceptors (Lipinski definition) is 1. The normalized spacial score (nSPS) is 12.0. The summed E-state index contributed by atoms with van der Waals surface area (Å²) >= 11 is 1.89. The molecule has 2 nitrogen and oxygen atoms in total. The van der Waals surface area contributed by atoms with E-state index in [0.717, 1.165) is 5.69 Å². The van der Waals surface area contributed by atoms with Crippen molar-refractivity contribution in [3.8, 4) is 33.6 Å². The quantitative estimate of drug-likeness (QED) is 0.172. The third-order valence-electron chi connectivity index (χ3n) is 11.5. The van der Waals surface area contributed by atoms with Gasteiger partial charge in [-0.05, 0) is 106 Å². The Morgan fingerprint density at radius 2 is 0.873 bits per heavy atom. The van der Waals surface area contributed by atoms with Gasteiger partial charge in [0.05, 0.1) is 22.1 Å². The molecule has 0 aliphatic heterocycles. The highest BCUT2D eigenvalue weighted by Gasteiger charge is 2.18. The zero-order valence-electron chi connectivity index (χ0n) is 29.8. The Hall–Kier alpha value is -6.94. The fourth-order valence-electron chi connectivity index (χ4n) is 8.95. The highest BCUT2D eigenvalue weighted by Crippen LogP contribution is 2.43. The van der Waals surface area contributed by atoms with Crippen molar-refractivity contribution in [3.63, 3.8) is 0 Å². The molecule has 0 aliphatic carbocycles. The first-order valence-electron chi connectivity index (χ1n) is 18.8. The highest BCUT2D eigenvalue weighted by molar-refractivity contribution is 7.26. The summed E-state index contributed by atoms with van der Waals surface area (Å²) in [7, 11) is 0. The smallest absolute Gasteiger partial charge is 0.0541 e. The van der Waals surface area contributed by atoms with E-state index in [1.807, 2.05) is 11.3 Å². The van der Waals surface area contributed by atoms with Gasteiger partial charge in [0, 0.05) is 53.1 Å². The van der Waals surface area contributed by atoms with Crippen molar-refractivity contribution in [1.82, 2.24) is 9.13 Å². The second-order valence-corrected chi connectivity index (χ2v) is 15.6. The summed E-state index contributed by atoms with van der Waals surface area (Å²) in [5.74, 6) is 0. The molecule has 12 rings (SSSR count). The minimum atomic E-state index is 1.16. The van der Waals surface area contributed by atoms with Crippen LogP contribution < -0.4 is 0 Å². The first-order chi connectivity index (χ1) is 27.3. The molecule has 0 atom stereocenters. The van der Waals surface area contributed by atoms with Crippen molar-refractivity contribution in [2.24, 2.45) is 0 Å². The average molecular weight is 717 g/mol. The van der Waals surface area contributed by atoms with E-state index in [1.165, 1.54) is 102 Å². The van der Waals surface area contributed by atoms with Crippen molar-refractivity contribution in [2.45, 2.75) is 0 Å². The molecule has 3 aromatic heterocycles. The Kier molecular flexibility index (Phi) is 6.54. The maximum absolute atomic E-state index is 2.42. The van der Waals surface area contributed by atoms with Gasteiger partial charge in [-0.15, -0.1) is 11.3 Å². The standard InChI is InChI=1S/C52H32N2S/c1-2-13-38(14-3-1)53-49-27-23-36(31-45(49)46-32-37(24-28-50(46)53)40-17-10-18-43-42-16-7-9-20-51(42)55-52(40)43)35-22-26-48-44(30-35)41-15-6-8-19-47(41)54(48)39-25-21-33-11-4-5-12-34(33)29-39/h1-32H. The zero-order valence-corrected chi connectivity index (χ0v) is 30.6. The number of hydrogen-bond donors (Lipinski definition) is 0. The zero-order chi connectivity index (χ0) is 36.0. The third-order valence-corrected chi connectivity index (χ3v) is 12.7. The molecule has 9 aromatic carbocycles.